The van der Waals surface area contributed by atoms with Crippen molar-refractivity contribution in [1.82, 2.24) is 4.72 Å². The molecule has 1 aromatic carbocycles. The van der Waals surface area contributed by atoms with Crippen LogP contribution in [0.25, 0.3) is 0 Å². The lowest BCUT2D eigenvalue weighted by atomic mass is 10.2. The zero-order valence-electron chi connectivity index (χ0n) is 8.46. The predicted molar refractivity (Wildman–Crippen MR) is 60.4 cm³/mol. The van der Waals surface area contributed by atoms with Crippen LogP contribution >= 0.6 is 15.9 Å². The number of benzene rings is 1. The first kappa shape index (κ1) is 14.5. The summed E-state index contributed by atoms with van der Waals surface area (Å²) in [4.78, 5) is -0.395. The first-order chi connectivity index (χ1) is 7.77. The second-order valence-electron chi connectivity index (χ2n) is 3.11. The molecule has 8 heteroatoms. The van der Waals surface area contributed by atoms with Gasteiger partial charge in [-0.05, 0) is 18.2 Å². The van der Waals surface area contributed by atoms with Crippen LogP contribution in [0.3, 0.4) is 0 Å². The van der Waals surface area contributed by atoms with Crippen LogP contribution in [0.4, 0.5) is 13.2 Å². The maximum atomic E-state index is 12.4. The van der Waals surface area contributed by atoms with Crippen LogP contribution < -0.4 is 4.72 Å². The lowest BCUT2D eigenvalue weighted by Crippen LogP contribution is -2.25. The molecule has 0 amide bonds. The number of sulfonamides is 1. The van der Waals surface area contributed by atoms with Crippen molar-refractivity contribution >= 4 is 26.0 Å². The summed E-state index contributed by atoms with van der Waals surface area (Å²) in [6.45, 7) is 0.110. The third-order valence-corrected chi connectivity index (χ3v) is 3.71. The number of hydrogen-bond acceptors (Lipinski definition) is 2. The molecular weight excluding hydrogens is 323 g/mol. The number of nitrogens with one attached hydrogen (secondary N) is 1. The van der Waals surface area contributed by atoms with Gasteiger partial charge < -0.3 is 0 Å². The van der Waals surface area contributed by atoms with E-state index in [0.717, 1.165) is 18.2 Å². The molecule has 0 unspecified atom stereocenters. The summed E-state index contributed by atoms with van der Waals surface area (Å²) in [7, 11) is -3.89. The minimum atomic E-state index is -4.55. The maximum Gasteiger partial charge on any atom is 0.416 e. The molecule has 96 valence electrons. The summed E-state index contributed by atoms with van der Waals surface area (Å²) in [5.41, 5.74) is -0.987. The summed E-state index contributed by atoms with van der Waals surface area (Å²) in [5, 5.41) is 0.380. The molecule has 0 heterocycles. The van der Waals surface area contributed by atoms with E-state index < -0.39 is 26.7 Å². The lowest BCUT2D eigenvalue weighted by molar-refractivity contribution is -0.137. The van der Waals surface area contributed by atoms with Gasteiger partial charge in [-0.2, -0.15) is 13.2 Å². The standard InChI is InChI=1S/C9H9BrF3NO2S/c10-4-5-14-17(15,16)8-3-1-2-7(6-8)9(11,12)13/h1-3,6,14H,4-5H2. The van der Waals surface area contributed by atoms with Crippen molar-refractivity contribution in [1.29, 1.82) is 0 Å². The van der Waals surface area contributed by atoms with Crippen molar-refractivity contribution in [3.05, 3.63) is 29.8 Å². The van der Waals surface area contributed by atoms with E-state index >= 15 is 0 Å². The molecule has 0 saturated carbocycles. The third kappa shape index (κ3) is 3.97. The first-order valence-electron chi connectivity index (χ1n) is 4.50. The normalized spacial score (nSPS) is 12.7. The first-order valence-corrected chi connectivity index (χ1v) is 7.11. The Morgan fingerprint density at radius 1 is 1.29 bits per heavy atom. The molecule has 0 radical (unpaired) electrons. The molecule has 0 bridgehead atoms. The number of hydrogen-bond donors (Lipinski definition) is 1. The highest BCUT2D eigenvalue weighted by Gasteiger charge is 2.31. The van der Waals surface area contributed by atoms with Crippen LogP contribution in [0.15, 0.2) is 29.2 Å². The molecule has 0 saturated heterocycles. The van der Waals surface area contributed by atoms with Gasteiger partial charge in [-0.3, -0.25) is 0 Å². The zero-order valence-corrected chi connectivity index (χ0v) is 10.9. The van der Waals surface area contributed by atoms with Gasteiger partial charge >= 0.3 is 6.18 Å². The summed E-state index contributed by atoms with van der Waals surface area (Å²) < 4.78 is 62.5. The molecule has 1 aromatic rings. The molecule has 0 aliphatic heterocycles. The van der Waals surface area contributed by atoms with Crippen molar-refractivity contribution < 1.29 is 21.6 Å². The SMILES string of the molecule is O=S(=O)(NCCBr)c1cccc(C(F)(F)F)c1. The topological polar surface area (TPSA) is 46.2 Å². The minimum absolute atomic E-state index is 0.110. The van der Waals surface area contributed by atoms with Crippen molar-refractivity contribution in [3.63, 3.8) is 0 Å². The second kappa shape index (κ2) is 5.36. The van der Waals surface area contributed by atoms with E-state index in [1.165, 1.54) is 0 Å². The smallest absolute Gasteiger partial charge is 0.210 e. The van der Waals surface area contributed by atoms with E-state index in [-0.39, 0.29) is 6.54 Å². The molecule has 17 heavy (non-hydrogen) atoms. The molecule has 0 spiro atoms. The number of rotatable bonds is 4. The molecule has 3 nitrogen and oxygen atoms in total. The fourth-order valence-electron chi connectivity index (χ4n) is 1.10. The summed E-state index contributed by atoms with van der Waals surface area (Å²) >= 11 is 3.01. The van der Waals surface area contributed by atoms with Gasteiger partial charge in [-0.1, -0.05) is 22.0 Å². The molecule has 0 fully saturated rings. The van der Waals surface area contributed by atoms with Gasteiger partial charge in [0.1, 0.15) is 0 Å². The second-order valence-corrected chi connectivity index (χ2v) is 5.67. The average molecular weight is 332 g/mol. The highest BCUT2D eigenvalue weighted by Crippen LogP contribution is 2.30. The molecule has 1 rings (SSSR count). The summed E-state index contributed by atoms with van der Waals surface area (Å²) in [6, 6.07) is 3.61. The van der Waals surface area contributed by atoms with E-state index in [1.807, 2.05) is 0 Å². The molecule has 0 aliphatic carbocycles. The maximum absolute atomic E-state index is 12.4. The van der Waals surface area contributed by atoms with Crippen LogP contribution in [0.5, 0.6) is 0 Å². The molecular formula is C9H9BrF3NO2S. The third-order valence-electron chi connectivity index (χ3n) is 1.86. The largest absolute Gasteiger partial charge is 0.416 e. The Morgan fingerprint density at radius 3 is 2.47 bits per heavy atom. The van der Waals surface area contributed by atoms with Gasteiger partial charge in [0, 0.05) is 11.9 Å². The fourth-order valence-corrected chi connectivity index (χ4v) is 2.63. The van der Waals surface area contributed by atoms with Crippen LogP contribution in [-0.4, -0.2) is 20.3 Å². The van der Waals surface area contributed by atoms with E-state index in [0.29, 0.717) is 11.4 Å². The van der Waals surface area contributed by atoms with Crippen molar-refractivity contribution in [2.75, 3.05) is 11.9 Å². The minimum Gasteiger partial charge on any atom is -0.210 e. The van der Waals surface area contributed by atoms with E-state index in [1.54, 1.807) is 0 Å². The molecule has 1 N–H and O–H groups in total. The average Bonchev–Trinajstić information content (AvgIpc) is 2.25. The monoisotopic (exact) mass is 331 g/mol. The molecule has 0 aliphatic rings. The van der Waals surface area contributed by atoms with Gasteiger partial charge in [-0.15, -0.1) is 0 Å². The van der Waals surface area contributed by atoms with E-state index in [2.05, 4.69) is 20.7 Å². The zero-order chi connectivity index (χ0) is 13.1. The summed E-state index contributed by atoms with van der Waals surface area (Å²) in [5.74, 6) is 0. The lowest BCUT2D eigenvalue weighted by Gasteiger charge is -2.09. The number of alkyl halides is 4. The van der Waals surface area contributed by atoms with Gasteiger partial charge in [0.15, 0.2) is 0 Å². The van der Waals surface area contributed by atoms with Crippen LogP contribution in [0.1, 0.15) is 5.56 Å². The predicted octanol–water partition coefficient (Wildman–Crippen LogP) is 2.38. The van der Waals surface area contributed by atoms with Crippen LogP contribution in [0, 0.1) is 0 Å². The summed E-state index contributed by atoms with van der Waals surface area (Å²) in [6.07, 6.45) is -4.55. The Balaban J connectivity index is 3.08. The Hall–Kier alpha value is -0.600. The Morgan fingerprint density at radius 2 is 1.94 bits per heavy atom. The van der Waals surface area contributed by atoms with Gasteiger partial charge in [0.05, 0.1) is 10.5 Å². The van der Waals surface area contributed by atoms with E-state index in [4.69, 9.17) is 0 Å². The quantitative estimate of drug-likeness (QED) is 0.861. The van der Waals surface area contributed by atoms with Gasteiger partial charge in [-0.25, -0.2) is 13.1 Å². The highest BCUT2D eigenvalue weighted by atomic mass is 79.9. The Bertz CT molecular complexity index is 487. The number of halogens is 4. The van der Waals surface area contributed by atoms with Crippen molar-refractivity contribution in [2.45, 2.75) is 11.1 Å². The fraction of sp³-hybridized carbons (Fsp3) is 0.333. The van der Waals surface area contributed by atoms with Crippen LogP contribution in [-0.2, 0) is 16.2 Å². The van der Waals surface area contributed by atoms with Crippen molar-refractivity contribution in [3.8, 4) is 0 Å². The van der Waals surface area contributed by atoms with Crippen molar-refractivity contribution in [2.24, 2.45) is 0 Å². The van der Waals surface area contributed by atoms with Crippen LogP contribution in [0.2, 0.25) is 0 Å². The Kier molecular flexibility index (Phi) is 4.56. The van der Waals surface area contributed by atoms with Gasteiger partial charge in [0.25, 0.3) is 0 Å². The van der Waals surface area contributed by atoms with Gasteiger partial charge in [0.2, 0.25) is 10.0 Å². The Labute approximate surface area is 105 Å². The van der Waals surface area contributed by atoms with E-state index in [9.17, 15) is 21.6 Å². The molecule has 0 atom stereocenters. The highest BCUT2D eigenvalue weighted by molar-refractivity contribution is 9.09. The molecule has 0 aromatic heterocycles.